The highest BCUT2D eigenvalue weighted by Crippen LogP contribution is 2.34. The zero-order valence-electron chi connectivity index (χ0n) is 15.4. The Morgan fingerprint density at radius 2 is 2.00 bits per heavy atom. The van der Waals surface area contributed by atoms with Gasteiger partial charge in [-0.3, -0.25) is 4.99 Å². The van der Waals surface area contributed by atoms with Gasteiger partial charge in [-0.25, -0.2) is 0 Å². The van der Waals surface area contributed by atoms with E-state index in [0.717, 1.165) is 35.0 Å². The van der Waals surface area contributed by atoms with E-state index in [2.05, 4.69) is 40.9 Å². The lowest BCUT2D eigenvalue weighted by Gasteiger charge is -2.18. The highest BCUT2D eigenvalue weighted by atomic mass is 35.5. The van der Waals surface area contributed by atoms with Crippen molar-refractivity contribution in [2.75, 3.05) is 20.1 Å². The standard InChI is InChI=1S/C22H23ClN4/c1-14-11-18(23)13-27(2)21(24)19(14)10-5-15-3-6-17(7-4-15)22-25-12-20(26-22)16-8-9-16/h3-4,6-7,11,16,20H,1,8-9,12-13,24H2,2H3,(H,25,26). The highest BCUT2D eigenvalue weighted by molar-refractivity contribution is 6.30. The van der Waals surface area contributed by atoms with Crippen LogP contribution in [0, 0.1) is 17.8 Å². The van der Waals surface area contributed by atoms with Crippen LogP contribution < -0.4 is 11.1 Å². The van der Waals surface area contributed by atoms with Crippen molar-refractivity contribution in [2.24, 2.45) is 16.6 Å². The number of hydrogen-bond acceptors (Lipinski definition) is 4. The van der Waals surface area contributed by atoms with Gasteiger partial charge in [0.15, 0.2) is 0 Å². The Bertz CT molecular complexity index is 923. The van der Waals surface area contributed by atoms with Gasteiger partial charge in [0.1, 0.15) is 11.7 Å². The fraction of sp³-hybridized carbons (Fsp3) is 0.318. The van der Waals surface area contributed by atoms with E-state index in [1.807, 2.05) is 30.2 Å². The molecule has 3 aliphatic rings. The predicted molar refractivity (Wildman–Crippen MR) is 111 cm³/mol. The van der Waals surface area contributed by atoms with E-state index in [1.165, 1.54) is 12.8 Å². The monoisotopic (exact) mass is 378 g/mol. The average molecular weight is 379 g/mol. The highest BCUT2D eigenvalue weighted by Gasteiger charge is 2.34. The van der Waals surface area contributed by atoms with Gasteiger partial charge >= 0.3 is 0 Å². The van der Waals surface area contributed by atoms with Crippen LogP contribution in [-0.4, -0.2) is 36.9 Å². The summed E-state index contributed by atoms with van der Waals surface area (Å²) in [6, 6.07) is 8.67. The summed E-state index contributed by atoms with van der Waals surface area (Å²) in [5.74, 6) is 8.74. The first kappa shape index (κ1) is 17.8. The smallest absolute Gasteiger partial charge is 0.128 e. The maximum Gasteiger partial charge on any atom is 0.128 e. The molecule has 27 heavy (non-hydrogen) atoms. The van der Waals surface area contributed by atoms with Crippen molar-refractivity contribution in [1.82, 2.24) is 10.2 Å². The third kappa shape index (κ3) is 3.89. The molecular weight excluding hydrogens is 356 g/mol. The summed E-state index contributed by atoms with van der Waals surface area (Å²) in [6.07, 6.45) is 4.48. The Kier molecular flexibility index (Phi) is 4.72. The molecule has 1 aromatic carbocycles. The van der Waals surface area contributed by atoms with Crippen LogP contribution in [0.4, 0.5) is 0 Å². The molecule has 0 radical (unpaired) electrons. The summed E-state index contributed by atoms with van der Waals surface area (Å²) in [5, 5.41) is 4.25. The SMILES string of the molecule is C=C1C=C(Cl)CN(C)C(N)=C1C#Cc1ccc(C2=NCC(C3CC3)N2)cc1. The molecule has 1 unspecified atom stereocenters. The molecule has 4 rings (SSSR count). The molecule has 1 aliphatic carbocycles. The van der Waals surface area contributed by atoms with Crippen molar-refractivity contribution >= 4 is 17.4 Å². The molecule has 1 saturated carbocycles. The summed E-state index contributed by atoms with van der Waals surface area (Å²) in [5.41, 5.74) is 9.70. The van der Waals surface area contributed by atoms with Crippen LogP contribution in [0.1, 0.15) is 24.0 Å². The van der Waals surface area contributed by atoms with Crippen LogP contribution in [-0.2, 0) is 0 Å². The normalized spacial score (nSPS) is 22.5. The Balaban J connectivity index is 1.51. The second kappa shape index (κ2) is 7.17. The van der Waals surface area contributed by atoms with Crippen LogP contribution >= 0.6 is 11.6 Å². The van der Waals surface area contributed by atoms with E-state index < -0.39 is 0 Å². The van der Waals surface area contributed by atoms with E-state index in [1.54, 1.807) is 0 Å². The third-order valence-corrected chi connectivity index (χ3v) is 5.39. The summed E-state index contributed by atoms with van der Waals surface area (Å²) in [6.45, 7) is 5.49. The number of halogens is 1. The van der Waals surface area contributed by atoms with Crippen LogP contribution in [0.25, 0.3) is 0 Å². The average Bonchev–Trinajstić information content (AvgIpc) is 3.39. The molecule has 0 bridgehead atoms. The Labute approximate surface area is 165 Å². The number of rotatable bonds is 2. The van der Waals surface area contributed by atoms with E-state index in [-0.39, 0.29) is 0 Å². The molecule has 1 fully saturated rings. The third-order valence-electron chi connectivity index (χ3n) is 5.16. The van der Waals surface area contributed by atoms with E-state index in [0.29, 0.717) is 29.0 Å². The van der Waals surface area contributed by atoms with Gasteiger partial charge in [0.25, 0.3) is 0 Å². The van der Waals surface area contributed by atoms with E-state index in [4.69, 9.17) is 17.3 Å². The van der Waals surface area contributed by atoms with Crippen LogP contribution in [0.3, 0.4) is 0 Å². The Hall–Kier alpha value is -2.64. The molecule has 2 aliphatic heterocycles. The molecule has 0 saturated heterocycles. The van der Waals surface area contributed by atoms with E-state index >= 15 is 0 Å². The molecule has 0 aromatic heterocycles. The van der Waals surface area contributed by atoms with Gasteiger partial charge in [0.2, 0.25) is 0 Å². The van der Waals surface area contributed by atoms with Gasteiger partial charge in [-0.1, -0.05) is 42.2 Å². The van der Waals surface area contributed by atoms with Crippen molar-refractivity contribution in [2.45, 2.75) is 18.9 Å². The van der Waals surface area contributed by atoms with Gasteiger partial charge < -0.3 is 16.0 Å². The molecule has 138 valence electrons. The van der Waals surface area contributed by atoms with Gasteiger partial charge in [-0.15, -0.1) is 0 Å². The number of likely N-dealkylation sites (N-methyl/N-ethyl adjacent to an activating group) is 1. The zero-order valence-corrected chi connectivity index (χ0v) is 16.2. The first-order valence-corrected chi connectivity index (χ1v) is 9.59. The minimum absolute atomic E-state index is 0.521. The quantitative estimate of drug-likeness (QED) is 0.778. The largest absolute Gasteiger partial charge is 0.384 e. The molecule has 0 amide bonds. The molecule has 1 atom stereocenters. The molecule has 3 N–H and O–H groups in total. The summed E-state index contributed by atoms with van der Waals surface area (Å²) in [7, 11) is 1.89. The maximum absolute atomic E-state index is 6.21. The summed E-state index contributed by atoms with van der Waals surface area (Å²) < 4.78 is 0. The maximum atomic E-state index is 6.21. The lowest BCUT2D eigenvalue weighted by molar-refractivity contribution is 0.455. The van der Waals surface area contributed by atoms with Crippen LogP contribution in [0.5, 0.6) is 0 Å². The second-order valence-corrected chi connectivity index (χ2v) is 7.82. The van der Waals surface area contributed by atoms with Gasteiger partial charge in [-0.2, -0.15) is 0 Å². The number of nitrogens with one attached hydrogen (secondary N) is 1. The lowest BCUT2D eigenvalue weighted by atomic mass is 10.1. The predicted octanol–water partition coefficient (Wildman–Crippen LogP) is 2.96. The number of allylic oxidation sites excluding steroid dienone is 3. The van der Waals surface area contributed by atoms with Crippen molar-refractivity contribution in [1.29, 1.82) is 0 Å². The van der Waals surface area contributed by atoms with Crippen molar-refractivity contribution < 1.29 is 0 Å². The van der Waals surface area contributed by atoms with Crippen LogP contribution in [0.15, 0.2) is 63.9 Å². The van der Waals surface area contributed by atoms with E-state index in [9.17, 15) is 0 Å². The Morgan fingerprint density at radius 1 is 1.26 bits per heavy atom. The molecule has 4 nitrogen and oxygen atoms in total. The molecule has 0 spiro atoms. The number of hydrogen-bond donors (Lipinski definition) is 2. The van der Waals surface area contributed by atoms with Gasteiger partial charge in [-0.05, 0) is 42.5 Å². The first-order chi connectivity index (χ1) is 13.0. The number of nitrogens with two attached hydrogens (primary N) is 1. The van der Waals surface area contributed by atoms with Gasteiger partial charge in [0, 0.05) is 29.2 Å². The number of amidine groups is 1. The summed E-state index contributed by atoms with van der Waals surface area (Å²) >= 11 is 6.18. The second-order valence-electron chi connectivity index (χ2n) is 7.34. The topological polar surface area (TPSA) is 53.6 Å². The molecular formula is C22H23ClN4. The number of benzene rings is 1. The number of aliphatic imine (C=N–C) groups is 1. The molecule has 2 heterocycles. The minimum atomic E-state index is 0.521. The number of nitrogens with zero attached hydrogens (tertiary/aromatic N) is 2. The van der Waals surface area contributed by atoms with Crippen molar-refractivity contribution in [3.63, 3.8) is 0 Å². The first-order valence-electron chi connectivity index (χ1n) is 9.21. The Morgan fingerprint density at radius 3 is 2.70 bits per heavy atom. The lowest BCUT2D eigenvalue weighted by Crippen LogP contribution is -2.32. The van der Waals surface area contributed by atoms with Gasteiger partial charge in [0.05, 0.1) is 18.7 Å². The fourth-order valence-electron chi connectivity index (χ4n) is 3.36. The minimum Gasteiger partial charge on any atom is -0.384 e. The molecule has 1 aromatic rings. The van der Waals surface area contributed by atoms with Crippen LogP contribution in [0.2, 0.25) is 0 Å². The zero-order chi connectivity index (χ0) is 19.0. The fourth-order valence-corrected chi connectivity index (χ4v) is 3.67. The van der Waals surface area contributed by atoms with Crippen molar-refractivity contribution in [3.05, 3.63) is 70.0 Å². The summed E-state index contributed by atoms with van der Waals surface area (Å²) in [4.78, 5) is 6.53. The molecule has 5 heteroatoms. The van der Waals surface area contributed by atoms with Crippen molar-refractivity contribution in [3.8, 4) is 11.8 Å².